The van der Waals surface area contributed by atoms with Gasteiger partial charge in [0.15, 0.2) is 5.58 Å². The Balaban J connectivity index is 2.50. The molecule has 0 saturated carbocycles. The molecule has 4 heteroatoms. The highest BCUT2D eigenvalue weighted by atomic mass is 16.5. The van der Waals surface area contributed by atoms with Crippen LogP contribution in [0.15, 0.2) is 22.7 Å². The number of carboxylic acids is 1. The lowest BCUT2D eigenvalue weighted by Gasteiger charge is -2.00. The van der Waals surface area contributed by atoms with Gasteiger partial charge in [-0.25, -0.2) is 0 Å². The van der Waals surface area contributed by atoms with Crippen LogP contribution in [0.4, 0.5) is 0 Å². The maximum Gasteiger partial charge on any atom is 0.307 e. The molecule has 0 aliphatic carbocycles. The summed E-state index contributed by atoms with van der Waals surface area (Å²) in [7, 11) is 0. The standard InChI is InChI=1S/C12H13NO3/c1-7(2)12-9-5-8(6-11(14)15)3-4-10(9)16-13-12/h3-5,7H,6H2,1-2H3,(H,14,15). The third kappa shape index (κ3) is 1.91. The summed E-state index contributed by atoms with van der Waals surface area (Å²) in [5.74, 6) is -0.566. The topological polar surface area (TPSA) is 63.3 Å². The minimum atomic E-state index is -0.832. The molecule has 0 atom stereocenters. The molecular weight excluding hydrogens is 206 g/mol. The van der Waals surface area contributed by atoms with Gasteiger partial charge in [0.2, 0.25) is 0 Å². The fraction of sp³-hybridized carbons (Fsp3) is 0.333. The van der Waals surface area contributed by atoms with Crippen LogP contribution in [0.2, 0.25) is 0 Å². The van der Waals surface area contributed by atoms with Crippen molar-refractivity contribution < 1.29 is 14.4 Å². The van der Waals surface area contributed by atoms with Gasteiger partial charge in [0, 0.05) is 5.39 Å². The molecule has 84 valence electrons. The summed E-state index contributed by atoms with van der Waals surface area (Å²) in [6.45, 7) is 4.06. The summed E-state index contributed by atoms with van der Waals surface area (Å²) in [5, 5.41) is 13.6. The molecule has 1 N–H and O–H groups in total. The van der Waals surface area contributed by atoms with Gasteiger partial charge in [-0.3, -0.25) is 4.79 Å². The Bertz CT molecular complexity index is 528. The summed E-state index contributed by atoms with van der Waals surface area (Å²) in [5.41, 5.74) is 2.35. The molecule has 0 amide bonds. The van der Waals surface area contributed by atoms with E-state index in [1.165, 1.54) is 0 Å². The number of aromatic nitrogens is 1. The van der Waals surface area contributed by atoms with E-state index >= 15 is 0 Å². The van der Waals surface area contributed by atoms with Crippen molar-refractivity contribution in [3.8, 4) is 0 Å². The highest BCUT2D eigenvalue weighted by Crippen LogP contribution is 2.25. The van der Waals surface area contributed by atoms with Crippen molar-refractivity contribution in [1.82, 2.24) is 5.16 Å². The predicted octanol–water partition coefficient (Wildman–Crippen LogP) is 2.58. The Kier molecular flexibility index (Phi) is 2.64. The van der Waals surface area contributed by atoms with Crippen LogP contribution in [0.1, 0.15) is 31.0 Å². The number of aliphatic carboxylic acids is 1. The predicted molar refractivity (Wildman–Crippen MR) is 59.4 cm³/mol. The first-order chi connectivity index (χ1) is 7.58. The third-order valence-electron chi connectivity index (χ3n) is 2.46. The molecule has 1 aromatic carbocycles. The number of benzene rings is 1. The first-order valence-corrected chi connectivity index (χ1v) is 5.18. The van der Waals surface area contributed by atoms with Crippen LogP contribution >= 0.6 is 0 Å². The summed E-state index contributed by atoms with van der Waals surface area (Å²) >= 11 is 0. The molecule has 0 aliphatic heterocycles. The molecule has 1 aromatic heterocycles. The minimum absolute atomic E-state index is 0.0264. The van der Waals surface area contributed by atoms with Crippen LogP contribution in [0.5, 0.6) is 0 Å². The Labute approximate surface area is 92.9 Å². The van der Waals surface area contributed by atoms with Gasteiger partial charge in [0.25, 0.3) is 0 Å². The second kappa shape index (κ2) is 3.96. The van der Waals surface area contributed by atoms with Gasteiger partial charge in [-0.2, -0.15) is 0 Å². The third-order valence-corrected chi connectivity index (χ3v) is 2.46. The van der Waals surface area contributed by atoms with Gasteiger partial charge in [0.05, 0.1) is 12.1 Å². The van der Waals surface area contributed by atoms with E-state index in [0.29, 0.717) is 5.58 Å². The second-order valence-electron chi connectivity index (χ2n) is 4.12. The molecule has 0 bridgehead atoms. The van der Waals surface area contributed by atoms with Crippen molar-refractivity contribution in [1.29, 1.82) is 0 Å². The smallest absolute Gasteiger partial charge is 0.307 e. The number of rotatable bonds is 3. The molecule has 0 spiro atoms. The average Bonchev–Trinajstić information content (AvgIpc) is 2.59. The lowest BCUT2D eigenvalue weighted by Crippen LogP contribution is -1.99. The van der Waals surface area contributed by atoms with Crippen LogP contribution in [0.3, 0.4) is 0 Å². The maximum absolute atomic E-state index is 10.6. The van der Waals surface area contributed by atoms with Gasteiger partial charge in [-0.15, -0.1) is 0 Å². The van der Waals surface area contributed by atoms with Crippen LogP contribution in [0, 0.1) is 0 Å². The first-order valence-electron chi connectivity index (χ1n) is 5.18. The molecule has 16 heavy (non-hydrogen) atoms. The van der Waals surface area contributed by atoms with E-state index in [9.17, 15) is 4.79 Å². The van der Waals surface area contributed by atoms with Crippen LogP contribution in [0.25, 0.3) is 11.0 Å². The zero-order valence-electron chi connectivity index (χ0n) is 9.23. The van der Waals surface area contributed by atoms with Crippen LogP contribution < -0.4 is 0 Å². The first kappa shape index (κ1) is 10.7. The number of hydrogen-bond acceptors (Lipinski definition) is 3. The molecule has 0 fully saturated rings. The van der Waals surface area contributed by atoms with Gasteiger partial charge in [-0.1, -0.05) is 25.1 Å². The number of fused-ring (bicyclic) bond motifs is 1. The SMILES string of the molecule is CC(C)c1noc2ccc(CC(=O)O)cc12. The quantitative estimate of drug-likeness (QED) is 0.861. The van der Waals surface area contributed by atoms with Crippen molar-refractivity contribution >= 4 is 16.9 Å². The highest BCUT2D eigenvalue weighted by Gasteiger charge is 2.12. The van der Waals surface area contributed by atoms with Crippen molar-refractivity contribution in [3.05, 3.63) is 29.5 Å². The number of carboxylic acid groups (broad SMARTS) is 1. The highest BCUT2D eigenvalue weighted by molar-refractivity contribution is 5.82. The molecule has 0 radical (unpaired) electrons. The van der Waals surface area contributed by atoms with E-state index in [2.05, 4.69) is 5.16 Å². The minimum Gasteiger partial charge on any atom is -0.481 e. The lowest BCUT2D eigenvalue weighted by molar-refractivity contribution is -0.136. The maximum atomic E-state index is 10.6. The lowest BCUT2D eigenvalue weighted by atomic mass is 10.0. The zero-order valence-corrected chi connectivity index (χ0v) is 9.23. The normalized spacial score (nSPS) is 11.2. The van der Waals surface area contributed by atoms with Gasteiger partial charge in [0.1, 0.15) is 0 Å². The molecule has 1 heterocycles. The van der Waals surface area contributed by atoms with E-state index in [0.717, 1.165) is 16.6 Å². The molecule has 2 aromatic rings. The Morgan fingerprint density at radius 3 is 2.88 bits per heavy atom. The second-order valence-corrected chi connectivity index (χ2v) is 4.12. The molecule has 4 nitrogen and oxygen atoms in total. The summed E-state index contributed by atoms with van der Waals surface area (Å²) < 4.78 is 5.17. The summed E-state index contributed by atoms with van der Waals surface area (Å²) in [4.78, 5) is 10.6. The largest absolute Gasteiger partial charge is 0.481 e. The Morgan fingerprint density at radius 2 is 2.25 bits per heavy atom. The monoisotopic (exact) mass is 219 g/mol. The average molecular weight is 219 g/mol. The fourth-order valence-electron chi connectivity index (χ4n) is 1.71. The molecule has 0 unspecified atom stereocenters. The van der Waals surface area contributed by atoms with E-state index < -0.39 is 5.97 Å². The Hall–Kier alpha value is -1.84. The van der Waals surface area contributed by atoms with E-state index in [1.54, 1.807) is 12.1 Å². The number of hydrogen-bond donors (Lipinski definition) is 1. The summed E-state index contributed by atoms with van der Waals surface area (Å²) in [6, 6.07) is 5.37. The van der Waals surface area contributed by atoms with Crippen LogP contribution in [-0.2, 0) is 11.2 Å². The van der Waals surface area contributed by atoms with Crippen molar-refractivity contribution in [2.75, 3.05) is 0 Å². The van der Waals surface area contributed by atoms with Crippen molar-refractivity contribution in [3.63, 3.8) is 0 Å². The molecule has 0 saturated heterocycles. The zero-order chi connectivity index (χ0) is 11.7. The van der Waals surface area contributed by atoms with E-state index in [1.807, 2.05) is 19.9 Å². The molecule has 0 aliphatic rings. The van der Waals surface area contributed by atoms with Gasteiger partial charge >= 0.3 is 5.97 Å². The number of carbonyl (C=O) groups is 1. The van der Waals surface area contributed by atoms with E-state index in [4.69, 9.17) is 9.63 Å². The van der Waals surface area contributed by atoms with Crippen molar-refractivity contribution in [2.45, 2.75) is 26.2 Å². The van der Waals surface area contributed by atoms with E-state index in [-0.39, 0.29) is 12.3 Å². The Morgan fingerprint density at radius 1 is 1.50 bits per heavy atom. The summed E-state index contributed by atoms with van der Waals surface area (Å²) in [6.07, 6.45) is 0.0264. The fourth-order valence-corrected chi connectivity index (χ4v) is 1.71. The number of nitrogens with zero attached hydrogens (tertiary/aromatic N) is 1. The van der Waals surface area contributed by atoms with Crippen LogP contribution in [-0.4, -0.2) is 16.2 Å². The van der Waals surface area contributed by atoms with Gasteiger partial charge < -0.3 is 9.63 Å². The molecular formula is C12H13NO3. The molecule has 2 rings (SSSR count). The van der Waals surface area contributed by atoms with Gasteiger partial charge in [-0.05, 0) is 23.6 Å². The van der Waals surface area contributed by atoms with Crippen molar-refractivity contribution in [2.24, 2.45) is 0 Å².